The first-order valence-corrected chi connectivity index (χ1v) is 4.90. The molecule has 1 rings (SSSR count). The summed E-state index contributed by atoms with van der Waals surface area (Å²) in [6.45, 7) is 3.07. The molecule has 1 aromatic rings. The van der Waals surface area contributed by atoms with Gasteiger partial charge in [-0.1, -0.05) is 11.8 Å². The molecule has 0 spiro atoms. The van der Waals surface area contributed by atoms with Gasteiger partial charge in [-0.05, 0) is 25.4 Å². The Morgan fingerprint density at radius 2 is 2.42 bits per heavy atom. The fraction of sp³-hybridized carbons (Fsp3) is 0.400. The number of thiophene rings is 1. The lowest BCUT2D eigenvalue weighted by molar-refractivity contribution is 0.818. The van der Waals surface area contributed by atoms with Crippen LogP contribution in [0.4, 0.5) is 0 Å². The van der Waals surface area contributed by atoms with Gasteiger partial charge in [0.2, 0.25) is 0 Å². The molecule has 0 saturated carbocycles. The fourth-order valence-corrected chi connectivity index (χ4v) is 1.51. The van der Waals surface area contributed by atoms with Crippen molar-refractivity contribution in [3.8, 4) is 11.8 Å². The Kier molecular flexibility index (Phi) is 3.86. The van der Waals surface area contributed by atoms with Gasteiger partial charge < -0.3 is 5.32 Å². The van der Waals surface area contributed by atoms with E-state index in [1.54, 1.807) is 11.3 Å². The maximum Gasteiger partial charge on any atom is 0.0381 e. The molecular weight excluding hydrogens is 166 g/mol. The smallest absolute Gasteiger partial charge is 0.0381 e. The summed E-state index contributed by atoms with van der Waals surface area (Å²) in [4.78, 5) is 1.31. The molecule has 0 saturated heterocycles. The van der Waals surface area contributed by atoms with Crippen LogP contribution in [0.25, 0.3) is 0 Å². The lowest BCUT2D eigenvalue weighted by atomic mass is 10.2. The van der Waals surface area contributed by atoms with Gasteiger partial charge in [-0.25, -0.2) is 0 Å². The third kappa shape index (κ3) is 2.69. The van der Waals surface area contributed by atoms with Gasteiger partial charge in [-0.2, -0.15) is 0 Å². The Balaban J connectivity index is 2.49. The molecule has 2 heteroatoms. The van der Waals surface area contributed by atoms with Crippen molar-refractivity contribution in [2.24, 2.45) is 0 Å². The number of aryl methyl sites for hydroxylation is 1. The molecule has 0 amide bonds. The van der Waals surface area contributed by atoms with E-state index in [1.165, 1.54) is 10.4 Å². The molecule has 1 aromatic heterocycles. The van der Waals surface area contributed by atoms with Crippen molar-refractivity contribution in [1.29, 1.82) is 0 Å². The van der Waals surface area contributed by atoms with E-state index in [9.17, 15) is 0 Å². The van der Waals surface area contributed by atoms with Gasteiger partial charge in [0.15, 0.2) is 0 Å². The van der Waals surface area contributed by atoms with Gasteiger partial charge in [-0.3, -0.25) is 0 Å². The molecule has 0 aliphatic heterocycles. The van der Waals surface area contributed by atoms with Crippen LogP contribution >= 0.6 is 11.3 Å². The van der Waals surface area contributed by atoms with Crippen LogP contribution in [0.1, 0.15) is 16.9 Å². The van der Waals surface area contributed by atoms with Gasteiger partial charge in [0.1, 0.15) is 0 Å². The summed E-state index contributed by atoms with van der Waals surface area (Å²) < 4.78 is 0. The van der Waals surface area contributed by atoms with Gasteiger partial charge in [0, 0.05) is 23.4 Å². The highest BCUT2D eigenvalue weighted by Crippen LogP contribution is 2.12. The molecule has 0 atom stereocenters. The Bertz CT molecular complexity index is 290. The number of rotatable bonds is 2. The molecule has 0 radical (unpaired) electrons. The molecule has 0 aliphatic rings. The summed E-state index contributed by atoms with van der Waals surface area (Å²) in [6.07, 6.45) is 0.922. The van der Waals surface area contributed by atoms with Crippen LogP contribution in [0.5, 0.6) is 0 Å². The van der Waals surface area contributed by atoms with E-state index in [0.29, 0.717) is 0 Å². The minimum absolute atomic E-state index is 0.922. The third-order valence-electron chi connectivity index (χ3n) is 1.58. The minimum atomic E-state index is 0.922. The molecule has 0 aliphatic carbocycles. The van der Waals surface area contributed by atoms with Gasteiger partial charge in [-0.15, -0.1) is 11.3 Å². The highest BCUT2D eigenvalue weighted by molar-refractivity contribution is 7.10. The van der Waals surface area contributed by atoms with Crippen LogP contribution < -0.4 is 5.32 Å². The third-order valence-corrected chi connectivity index (χ3v) is 2.43. The maximum atomic E-state index is 3.15. The minimum Gasteiger partial charge on any atom is -0.319 e. The molecule has 0 fully saturated rings. The Labute approximate surface area is 77.8 Å². The Hall–Kier alpha value is -0.780. The Morgan fingerprint density at radius 1 is 1.58 bits per heavy atom. The predicted octanol–water partition coefficient (Wildman–Crippen LogP) is 2.02. The Morgan fingerprint density at radius 3 is 3.00 bits per heavy atom. The number of nitrogens with one attached hydrogen (secondary N) is 1. The standard InChI is InChI=1S/C10H13NS/c1-9-10(6-8-12-9)5-3-4-7-11-2/h6,8,11H,4,7H2,1-2H3. The molecule has 0 bridgehead atoms. The van der Waals surface area contributed by atoms with Gasteiger partial charge in [0.05, 0.1) is 0 Å². The molecule has 0 aromatic carbocycles. The monoisotopic (exact) mass is 179 g/mol. The van der Waals surface area contributed by atoms with Gasteiger partial charge >= 0.3 is 0 Å². The topological polar surface area (TPSA) is 12.0 Å². The van der Waals surface area contributed by atoms with Crippen molar-refractivity contribution < 1.29 is 0 Å². The molecular formula is C10H13NS. The molecule has 1 heterocycles. The summed E-state index contributed by atoms with van der Waals surface area (Å²) in [5.41, 5.74) is 1.18. The average molecular weight is 179 g/mol. The first-order valence-electron chi connectivity index (χ1n) is 4.02. The molecule has 1 nitrogen and oxygen atoms in total. The van der Waals surface area contributed by atoms with E-state index >= 15 is 0 Å². The predicted molar refractivity (Wildman–Crippen MR) is 54.5 cm³/mol. The van der Waals surface area contributed by atoms with Crippen molar-refractivity contribution in [3.05, 3.63) is 21.9 Å². The van der Waals surface area contributed by atoms with Crippen LogP contribution in [-0.2, 0) is 0 Å². The summed E-state index contributed by atoms with van der Waals surface area (Å²) in [7, 11) is 1.94. The van der Waals surface area contributed by atoms with Crippen LogP contribution in [0.3, 0.4) is 0 Å². The number of hydrogen-bond acceptors (Lipinski definition) is 2. The summed E-state index contributed by atoms with van der Waals surface area (Å²) in [5.74, 6) is 6.27. The van der Waals surface area contributed by atoms with E-state index < -0.39 is 0 Å². The van der Waals surface area contributed by atoms with Gasteiger partial charge in [0.25, 0.3) is 0 Å². The average Bonchev–Trinajstić information content (AvgIpc) is 2.46. The van der Waals surface area contributed by atoms with Crippen LogP contribution in [-0.4, -0.2) is 13.6 Å². The van der Waals surface area contributed by atoms with E-state index in [1.807, 2.05) is 7.05 Å². The highest BCUT2D eigenvalue weighted by atomic mass is 32.1. The zero-order valence-electron chi connectivity index (χ0n) is 7.48. The van der Waals surface area contributed by atoms with E-state index in [-0.39, 0.29) is 0 Å². The molecule has 12 heavy (non-hydrogen) atoms. The first kappa shape index (κ1) is 9.31. The summed E-state index contributed by atoms with van der Waals surface area (Å²) >= 11 is 1.75. The summed E-state index contributed by atoms with van der Waals surface area (Å²) in [6, 6.07) is 2.08. The molecule has 0 unspecified atom stereocenters. The molecule has 1 N–H and O–H groups in total. The summed E-state index contributed by atoms with van der Waals surface area (Å²) in [5, 5.41) is 5.14. The zero-order chi connectivity index (χ0) is 8.81. The second-order valence-electron chi connectivity index (χ2n) is 2.55. The lowest BCUT2D eigenvalue weighted by Crippen LogP contribution is -2.05. The SMILES string of the molecule is CNCCC#Cc1ccsc1C. The number of hydrogen-bond donors (Lipinski definition) is 1. The van der Waals surface area contributed by atoms with E-state index in [2.05, 4.69) is 35.5 Å². The van der Waals surface area contributed by atoms with Crippen LogP contribution in [0.15, 0.2) is 11.4 Å². The van der Waals surface area contributed by atoms with Crippen molar-refractivity contribution >= 4 is 11.3 Å². The van der Waals surface area contributed by atoms with Crippen molar-refractivity contribution in [1.82, 2.24) is 5.32 Å². The normalized spacial score (nSPS) is 9.17. The second kappa shape index (κ2) is 4.97. The van der Waals surface area contributed by atoms with Crippen molar-refractivity contribution in [2.45, 2.75) is 13.3 Å². The lowest BCUT2D eigenvalue weighted by Gasteiger charge is -1.88. The van der Waals surface area contributed by atoms with Crippen LogP contribution in [0.2, 0.25) is 0 Å². The van der Waals surface area contributed by atoms with Crippen molar-refractivity contribution in [3.63, 3.8) is 0 Å². The largest absolute Gasteiger partial charge is 0.319 e. The van der Waals surface area contributed by atoms with Crippen molar-refractivity contribution in [2.75, 3.05) is 13.6 Å². The highest BCUT2D eigenvalue weighted by Gasteiger charge is 1.92. The van der Waals surface area contributed by atoms with Crippen LogP contribution in [0, 0.1) is 18.8 Å². The van der Waals surface area contributed by atoms with E-state index in [4.69, 9.17) is 0 Å². The van der Waals surface area contributed by atoms with E-state index in [0.717, 1.165) is 13.0 Å². The fourth-order valence-electron chi connectivity index (χ4n) is 0.860. The molecule has 64 valence electrons. The maximum absolute atomic E-state index is 3.15. The quantitative estimate of drug-likeness (QED) is 0.541. The second-order valence-corrected chi connectivity index (χ2v) is 3.67. The zero-order valence-corrected chi connectivity index (χ0v) is 8.29. The first-order chi connectivity index (χ1) is 5.84.